The van der Waals surface area contributed by atoms with Crippen LogP contribution < -0.4 is 10.1 Å². The molecule has 1 unspecified atom stereocenters. The standard InChI is InChI=1S/C26H36BF2NO6/c1-6-34-22-15(8-7-9-17(22)23(32)33)12-20(30-21(31)10-11-25(4,28)29)27-35-19-14-16-13-18(24(16,2)3)26(19,5)36-27/h7-9,16,18-20H,6,10-14H2,1-5H3,(H,30,31)(H,32,33)/t16-,18-,19+,20?,26-/m0/s1. The number of carbonyl (C=O) groups is 2. The van der Waals surface area contributed by atoms with Gasteiger partial charge in [-0.2, -0.15) is 0 Å². The highest BCUT2D eigenvalue weighted by Crippen LogP contribution is 2.65. The minimum Gasteiger partial charge on any atom is -0.493 e. The summed E-state index contributed by atoms with van der Waals surface area (Å²) in [6.45, 7) is 9.36. The lowest BCUT2D eigenvalue weighted by Gasteiger charge is -2.64. The number of alkyl halides is 2. The van der Waals surface area contributed by atoms with E-state index in [0.717, 1.165) is 19.8 Å². The molecule has 198 valence electrons. The maximum Gasteiger partial charge on any atom is 0.482 e. The Balaban J connectivity index is 1.60. The van der Waals surface area contributed by atoms with Crippen molar-refractivity contribution in [2.24, 2.45) is 17.3 Å². The summed E-state index contributed by atoms with van der Waals surface area (Å²) in [7, 11) is -0.802. The number of hydrogen-bond donors (Lipinski definition) is 2. The number of nitrogens with one attached hydrogen (secondary N) is 1. The molecule has 4 aliphatic rings. The lowest BCUT2D eigenvalue weighted by Crippen LogP contribution is -2.65. The number of aromatic carboxylic acids is 1. The van der Waals surface area contributed by atoms with Crippen LogP contribution in [0.15, 0.2) is 18.2 Å². The molecular weight excluding hydrogens is 471 g/mol. The van der Waals surface area contributed by atoms with E-state index >= 15 is 0 Å². The topological polar surface area (TPSA) is 94.1 Å². The first-order chi connectivity index (χ1) is 16.8. The van der Waals surface area contributed by atoms with Crippen LogP contribution in [0.4, 0.5) is 8.78 Å². The quantitative estimate of drug-likeness (QED) is 0.453. The normalized spacial score (nSPS) is 29.2. The molecule has 2 N–H and O–H groups in total. The second kappa shape index (κ2) is 9.60. The second-order valence-electron chi connectivity index (χ2n) is 11.3. The average molecular weight is 507 g/mol. The third kappa shape index (κ3) is 4.99. The summed E-state index contributed by atoms with van der Waals surface area (Å²) in [6.07, 6.45) is 1.03. The van der Waals surface area contributed by atoms with E-state index in [1.54, 1.807) is 19.1 Å². The fourth-order valence-electron chi connectivity index (χ4n) is 6.36. The van der Waals surface area contributed by atoms with Gasteiger partial charge in [0.05, 0.1) is 24.3 Å². The molecule has 1 saturated heterocycles. The zero-order valence-corrected chi connectivity index (χ0v) is 21.6. The number of hydrogen-bond acceptors (Lipinski definition) is 5. The smallest absolute Gasteiger partial charge is 0.482 e. The molecule has 0 radical (unpaired) electrons. The van der Waals surface area contributed by atoms with Crippen LogP contribution in [0.5, 0.6) is 5.75 Å². The number of carbonyl (C=O) groups excluding carboxylic acids is 1. The number of benzene rings is 1. The van der Waals surface area contributed by atoms with Crippen LogP contribution in [0.1, 0.15) is 76.2 Å². The van der Waals surface area contributed by atoms with Gasteiger partial charge in [0.25, 0.3) is 0 Å². The molecule has 5 atom stereocenters. The fourth-order valence-corrected chi connectivity index (χ4v) is 6.36. The Morgan fingerprint density at radius 3 is 2.64 bits per heavy atom. The van der Waals surface area contributed by atoms with Crippen LogP contribution >= 0.6 is 0 Å². The van der Waals surface area contributed by atoms with E-state index in [-0.39, 0.29) is 42.3 Å². The Kier molecular flexibility index (Phi) is 7.16. The number of para-hydroxylation sites is 1. The second-order valence-corrected chi connectivity index (χ2v) is 11.3. The third-order valence-corrected chi connectivity index (χ3v) is 8.49. The van der Waals surface area contributed by atoms with Gasteiger partial charge in [0.2, 0.25) is 11.8 Å². The Labute approximate surface area is 211 Å². The maximum absolute atomic E-state index is 13.4. The molecule has 1 aromatic carbocycles. The number of carboxylic acid groups (broad SMARTS) is 1. The predicted octanol–water partition coefficient (Wildman–Crippen LogP) is 4.51. The molecule has 1 aromatic rings. The predicted molar refractivity (Wildman–Crippen MR) is 130 cm³/mol. The molecular formula is C26H36BF2NO6. The van der Waals surface area contributed by atoms with Crippen LogP contribution in [0.3, 0.4) is 0 Å². The van der Waals surface area contributed by atoms with Crippen LogP contribution in [0.2, 0.25) is 0 Å². The number of carboxylic acids is 1. The van der Waals surface area contributed by atoms with Gasteiger partial charge < -0.3 is 24.5 Å². The Morgan fingerprint density at radius 2 is 2.03 bits per heavy atom. The molecule has 10 heteroatoms. The van der Waals surface area contributed by atoms with E-state index in [2.05, 4.69) is 26.1 Å². The van der Waals surface area contributed by atoms with Crippen molar-refractivity contribution < 1.29 is 37.5 Å². The van der Waals surface area contributed by atoms with Crippen LogP contribution in [0.25, 0.3) is 0 Å². The summed E-state index contributed by atoms with van der Waals surface area (Å²) in [5, 5.41) is 12.5. The van der Waals surface area contributed by atoms with E-state index in [1.807, 2.05) is 0 Å². The zero-order valence-electron chi connectivity index (χ0n) is 21.6. The third-order valence-electron chi connectivity index (χ3n) is 8.49. The minimum absolute atomic E-state index is 0.0153. The van der Waals surface area contributed by atoms with Crippen molar-refractivity contribution in [1.29, 1.82) is 0 Å². The SMILES string of the molecule is CCOc1c(CC(NC(=O)CCC(C)(F)F)B2O[C@@H]3C[C@@H]4C[C@@H](C4(C)C)[C@]3(C)O2)cccc1C(=O)O. The van der Waals surface area contributed by atoms with Gasteiger partial charge in [-0.3, -0.25) is 4.79 Å². The van der Waals surface area contributed by atoms with Gasteiger partial charge in [0.1, 0.15) is 11.3 Å². The summed E-state index contributed by atoms with van der Waals surface area (Å²) in [5.41, 5.74) is 0.196. The fraction of sp³-hybridized carbons (Fsp3) is 0.692. The van der Waals surface area contributed by atoms with Gasteiger partial charge >= 0.3 is 13.1 Å². The highest BCUT2D eigenvalue weighted by Gasteiger charge is 2.68. The van der Waals surface area contributed by atoms with Gasteiger partial charge in [0.15, 0.2) is 0 Å². The van der Waals surface area contributed by atoms with E-state index in [4.69, 9.17) is 14.0 Å². The van der Waals surface area contributed by atoms with E-state index in [1.165, 1.54) is 6.07 Å². The van der Waals surface area contributed by atoms with E-state index in [0.29, 0.717) is 17.4 Å². The van der Waals surface area contributed by atoms with E-state index in [9.17, 15) is 23.5 Å². The molecule has 3 aliphatic carbocycles. The summed E-state index contributed by atoms with van der Waals surface area (Å²) >= 11 is 0. The molecule has 0 aromatic heterocycles. The highest BCUT2D eigenvalue weighted by atomic mass is 19.3. The highest BCUT2D eigenvalue weighted by molar-refractivity contribution is 6.48. The largest absolute Gasteiger partial charge is 0.493 e. The number of amides is 1. The van der Waals surface area contributed by atoms with Crippen molar-refractivity contribution >= 4 is 19.0 Å². The molecule has 4 fully saturated rings. The van der Waals surface area contributed by atoms with Gasteiger partial charge in [0, 0.05) is 12.8 Å². The van der Waals surface area contributed by atoms with Crippen molar-refractivity contribution in [2.45, 2.75) is 90.3 Å². The van der Waals surface area contributed by atoms with Gasteiger partial charge in [-0.15, -0.1) is 0 Å². The lowest BCUT2D eigenvalue weighted by molar-refractivity contribution is -0.199. The first kappa shape index (κ1) is 26.9. The minimum atomic E-state index is -2.96. The molecule has 5 rings (SSSR count). The van der Waals surface area contributed by atoms with Gasteiger partial charge in [-0.1, -0.05) is 26.0 Å². The summed E-state index contributed by atoms with van der Waals surface area (Å²) in [5.74, 6) is -4.26. The van der Waals surface area contributed by atoms with Crippen LogP contribution in [-0.4, -0.2) is 54.3 Å². The molecule has 1 amide bonds. The average Bonchev–Trinajstić information content (AvgIpc) is 3.14. The van der Waals surface area contributed by atoms with Crippen LogP contribution in [-0.2, 0) is 20.5 Å². The monoisotopic (exact) mass is 507 g/mol. The maximum atomic E-state index is 13.4. The van der Waals surface area contributed by atoms with E-state index < -0.39 is 42.9 Å². The van der Waals surface area contributed by atoms with Gasteiger partial charge in [-0.05, 0) is 68.9 Å². The molecule has 1 aliphatic heterocycles. The lowest BCUT2D eigenvalue weighted by atomic mass is 9.43. The van der Waals surface area contributed by atoms with Crippen molar-refractivity contribution in [3.63, 3.8) is 0 Å². The van der Waals surface area contributed by atoms with Crippen molar-refractivity contribution in [3.8, 4) is 5.75 Å². The Hall–Kier alpha value is -2.20. The molecule has 3 saturated carbocycles. The van der Waals surface area contributed by atoms with Crippen molar-refractivity contribution in [3.05, 3.63) is 29.3 Å². The molecule has 0 spiro atoms. The molecule has 36 heavy (non-hydrogen) atoms. The van der Waals surface area contributed by atoms with Crippen molar-refractivity contribution in [2.75, 3.05) is 6.61 Å². The summed E-state index contributed by atoms with van der Waals surface area (Å²) < 4.78 is 45.4. The van der Waals surface area contributed by atoms with Crippen molar-refractivity contribution in [1.82, 2.24) is 5.32 Å². The van der Waals surface area contributed by atoms with Crippen LogP contribution in [0, 0.1) is 17.3 Å². The summed E-state index contributed by atoms with van der Waals surface area (Å²) in [4.78, 5) is 24.5. The first-order valence-corrected chi connectivity index (χ1v) is 12.7. The molecule has 2 bridgehead atoms. The first-order valence-electron chi connectivity index (χ1n) is 12.7. The number of ether oxygens (including phenoxy) is 1. The summed E-state index contributed by atoms with van der Waals surface area (Å²) in [6, 6.07) is 4.81. The Bertz CT molecular complexity index is 1010. The molecule has 1 heterocycles. The molecule has 7 nitrogen and oxygen atoms in total. The Morgan fingerprint density at radius 1 is 1.31 bits per heavy atom. The number of halogens is 2. The van der Waals surface area contributed by atoms with Gasteiger partial charge in [-0.25, -0.2) is 13.6 Å². The number of rotatable bonds is 10. The zero-order chi connectivity index (χ0) is 26.5.